The molecule has 0 bridgehead atoms. The summed E-state index contributed by atoms with van der Waals surface area (Å²) in [6, 6.07) is 10.7. The number of methoxy groups -OCH3 is 1. The van der Waals surface area contributed by atoms with Crippen molar-refractivity contribution in [1.82, 2.24) is 25.2 Å². The molecule has 3 aromatic rings. The minimum Gasteiger partial charge on any atom is -0.495 e. The number of rotatable bonds is 9. The number of anilines is 2. The number of esters is 1. The van der Waals surface area contributed by atoms with E-state index in [1.54, 1.807) is 30.1 Å². The monoisotopic (exact) mass is 382 g/mol. The highest BCUT2D eigenvalue weighted by atomic mass is 16.5. The van der Waals surface area contributed by atoms with E-state index in [0.29, 0.717) is 35.2 Å². The number of ether oxygens (including phenoxy) is 2. The Labute approximate surface area is 162 Å². The van der Waals surface area contributed by atoms with Gasteiger partial charge in [-0.2, -0.15) is 0 Å². The molecule has 0 saturated carbocycles. The Bertz CT molecular complexity index is 927. The molecule has 9 nitrogen and oxygen atoms in total. The van der Waals surface area contributed by atoms with Crippen molar-refractivity contribution in [3.05, 3.63) is 54.0 Å². The summed E-state index contributed by atoms with van der Waals surface area (Å²) in [5.41, 5.74) is 1.00. The first-order chi connectivity index (χ1) is 13.7. The number of hydrogen-bond acceptors (Lipinski definition) is 8. The van der Waals surface area contributed by atoms with Crippen LogP contribution in [-0.2, 0) is 17.9 Å². The first kappa shape index (κ1) is 19.3. The van der Waals surface area contributed by atoms with E-state index < -0.39 is 5.97 Å². The van der Waals surface area contributed by atoms with Crippen molar-refractivity contribution in [3.63, 3.8) is 0 Å². The van der Waals surface area contributed by atoms with Crippen LogP contribution in [0.5, 0.6) is 5.75 Å². The number of nitrogens with zero attached hydrogens (tertiary/aromatic N) is 5. The molecule has 0 atom stereocenters. The van der Waals surface area contributed by atoms with Gasteiger partial charge in [-0.05, 0) is 41.1 Å². The summed E-state index contributed by atoms with van der Waals surface area (Å²) in [6.45, 7) is 2.76. The van der Waals surface area contributed by atoms with Crippen LogP contribution in [0.25, 0.3) is 0 Å². The predicted molar refractivity (Wildman–Crippen MR) is 102 cm³/mol. The van der Waals surface area contributed by atoms with Gasteiger partial charge < -0.3 is 14.8 Å². The van der Waals surface area contributed by atoms with E-state index in [1.165, 1.54) is 0 Å². The van der Waals surface area contributed by atoms with Crippen LogP contribution < -0.4 is 10.1 Å². The maximum Gasteiger partial charge on any atom is 0.342 e. The molecule has 0 aliphatic carbocycles. The molecule has 0 spiro atoms. The van der Waals surface area contributed by atoms with Gasteiger partial charge in [0.1, 0.15) is 17.1 Å². The van der Waals surface area contributed by atoms with Crippen molar-refractivity contribution in [2.75, 3.05) is 12.4 Å². The van der Waals surface area contributed by atoms with Crippen LogP contribution in [0.4, 0.5) is 11.5 Å². The van der Waals surface area contributed by atoms with Gasteiger partial charge >= 0.3 is 5.97 Å². The molecule has 0 unspecified atom stereocenters. The van der Waals surface area contributed by atoms with Gasteiger partial charge in [0.05, 0.1) is 12.8 Å². The van der Waals surface area contributed by atoms with E-state index in [4.69, 9.17) is 9.47 Å². The van der Waals surface area contributed by atoms with E-state index in [2.05, 4.69) is 32.7 Å². The average Bonchev–Trinajstić information content (AvgIpc) is 3.18. The summed E-state index contributed by atoms with van der Waals surface area (Å²) >= 11 is 0. The van der Waals surface area contributed by atoms with Crippen LogP contribution in [0.2, 0.25) is 0 Å². The highest BCUT2D eigenvalue weighted by molar-refractivity contribution is 5.95. The smallest absolute Gasteiger partial charge is 0.342 e. The SMILES string of the molecule is CCCCn1nnnc1COC(=O)c1cccnc1Nc1ccccc1OC. The van der Waals surface area contributed by atoms with Gasteiger partial charge in [0.25, 0.3) is 0 Å². The fourth-order valence-electron chi connectivity index (χ4n) is 2.56. The van der Waals surface area contributed by atoms with Crippen molar-refractivity contribution in [1.29, 1.82) is 0 Å². The van der Waals surface area contributed by atoms with Gasteiger partial charge in [0.15, 0.2) is 12.4 Å². The normalized spacial score (nSPS) is 10.5. The molecule has 0 aliphatic heterocycles. The third-order valence-corrected chi connectivity index (χ3v) is 4.05. The third kappa shape index (κ3) is 4.61. The minimum absolute atomic E-state index is 0.0153. The van der Waals surface area contributed by atoms with Crippen LogP contribution in [0.15, 0.2) is 42.6 Å². The van der Waals surface area contributed by atoms with E-state index in [9.17, 15) is 4.79 Å². The molecule has 2 heterocycles. The molecule has 9 heteroatoms. The first-order valence-electron chi connectivity index (χ1n) is 9.00. The summed E-state index contributed by atoms with van der Waals surface area (Å²) in [4.78, 5) is 16.9. The van der Waals surface area contributed by atoms with E-state index in [-0.39, 0.29) is 6.61 Å². The third-order valence-electron chi connectivity index (χ3n) is 4.05. The number of nitrogens with one attached hydrogen (secondary N) is 1. The second kappa shape index (κ2) is 9.45. The van der Waals surface area contributed by atoms with Gasteiger partial charge in [-0.25, -0.2) is 14.5 Å². The maximum absolute atomic E-state index is 12.6. The number of carbonyl (C=O) groups excluding carboxylic acids is 1. The Balaban J connectivity index is 1.72. The molecule has 1 aromatic carbocycles. The van der Waals surface area contributed by atoms with Crippen molar-refractivity contribution in [3.8, 4) is 5.75 Å². The summed E-state index contributed by atoms with van der Waals surface area (Å²) in [5, 5.41) is 14.6. The lowest BCUT2D eigenvalue weighted by molar-refractivity contribution is 0.0457. The maximum atomic E-state index is 12.6. The van der Waals surface area contributed by atoms with Gasteiger partial charge in [-0.1, -0.05) is 25.5 Å². The zero-order valence-corrected chi connectivity index (χ0v) is 15.8. The molecule has 0 aliphatic rings. The largest absolute Gasteiger partial charge is 0.495 e. The van der Waals surface area contributed by atoms with Gasteiger partial charge in [-0.3, -0.25) is 0 Å². The Morgan fingerprint density at radius 1 is 1.21 bits per heavy atom. The topological polar surface area (TPSA) is 104 Å². The highest BCUT2D eigenvalue weighted by Crippen LogP contribution is 2.27. The van der Waals surface area contributed by atoms with E-state index in [0.717, 1.165) is 12.8 Å². The minimum atomic E-state index is -0.518. The second-order valence-corrected chi connectivity index (χ2v) is 5.97. The molecular weight excluding hydrogens is 360 g/mol. The number of unbranched alkanes of at least 4 members (excludes halogenated alkanes) is 1. The Kier molecular flexibility index (Phi) is 6.50. The summed E-state index contributed by atoms with van der Waals surface area (Å²) in [6.07, 6.45) is 3.56. The predicted octanol–water partition coefficient (Wildman–Crippen LogP) is 2.98. The van der Waals surface area contributed by atoms with Crippen LogP contribution in [0, 0.1) is 0 Å². The van der Waals surface area contributed by atoms with Crippen molar-refractivity contribution >= 4 is 17.5 Å². The van der Waals surface area contributed by atoms with Crippen molar-refractivity contribution < 1.29 is 14.3 Å². The Morgan fingerprint density at radius 3 is 2.89 bits per heavy atom. The Morgan fingerprint density at radius 2 is 2.07 bits per heavy atom. The number of aromatic nitrogens is 5. The number of hydrogen-bond donors (Lipinski definition) is 1. The lowest BCUT2D eigenvalue weighted by Crippen LogP contribution is -2.13. The highest BCUT2D eigenvalue weighted by Gasteiger charge is 2.17. The molecule has 0 amide bonds. The lowest BCUT2D eigenvalue weighted by Gasteiger charge is -2.13. The van der Waals surface area contributed by atoms with Crippen molar-refractivity contribution in [2.45, 2.75) is 32.9 Å². The molecule has 0 saturated heterocycles. The summed E-state index contributed by atoms with van der Waals surface area (Å²) in [5.74, 6) is 1.01. The molecule has 0 fully saturated rings. The number of carbonyl (C=O) groups is 1. The molecular formula is C19H22N6O3. The molecule has 146 valence electrons. The number of para-hydroxylation sites is 2. The first-order valence-corrected chi connectivity index (χ1v) is 9.00. The van der Waals surface area contributed by atoms with Crippen LogP contribution in [0.1, 0.15) is 35.9 Å². The second-order valence-electron chi connectivity index (χ2n) is 5.97. The fourth-order valence-corrected chi connectivity index (χ4v) is 2.56. The standard InChI is InChI=1S/C19H22N6O3/c1-3-4-12-25-17(22-23-24-25)13-28-19(26)14-8-7-11-20-18(14)21-15-9-5-6-10-16(15)27-2/h5-11H,3-4,12-13H2,1-2H3,(H,20,21). The zero-order chi connectivity index (χ0) is 19.8. The summed E-state index contributed by atoms with van der Waals surface area (Å²) < 4.78 is 12.4. The molecule has 1 N–H and O–H groups in total. The average molecular weight is 382 g/mol. The lowest BCUT2D eigenvalue weighted by atomic mass is 10.2. The van der Waals surface area contributed by atoms with Crippen LogP contribution >= 0.6 is 0 Å². The Hall–Kier alpha value is -3.49. The van der Waals surface area contributed by atoms with E-state index >= 15 is 0 Å². The van der Waals surface area contributed by atoms with Gasteiger partial charge in [-0.15, -0.1) is 5.10 Å². The van der Waals surface area contributed by atoms with Gasteiger partial charge in [0, 0.05) is 12.7 Å². The van der Waals surface area contributed by atoms with Crippen molar-refractivity contribution in [2.24, 2.45) is 0 Å². The summed E-state index contributed by atoms with van der Waals surface area (Å²) in [7, 11) is 1.58. The zero-order valence-electron chi connectivity index (χ0n) is 15.8. The van der Waals surface area contributed by atoms with Crippen LogP contribution in [-0.4, -0.2) is 38.3 Å². The fraction of sp³-hybridized carbons (Fsp3) is 0.316. The number of aryl methyl sites for hydroxylation is 1. The van der Waals surface area contributed by atoms with Gasteiger partial charge in [0.2, 0.25) is 0 Å². The number of pyridine rings is 1. The number of tetrazole rings is 1. The molecule has 3 rings (SSSR count). The van der Waals surface area contributed by atoms with Crippen LogP contribution in [0.3, 0.4) is 0 Å². The van der Waals surface area contributed by atoms with E-state index in [1.807, 2.05) is 24.3 Å². The number of benzene rings is 1. The molecule has 0 radical (unpaired) electrons. The quantitative estimate of drug-likeness (QED) is 0.563. The molecule has 28 heavy (non-hydrogen) atoms. The molecule has 2 aromatic heterocycles.